The second-order valence-corrected chi connectivity index (χ2v) is 12.5. The normalized spacial score (nSPS) is 13.0. The Hall–Kier alpha value is -3.11. The van der Waals surface area contributed by atoms with Crippen molar-refractivity contribution in [2.24, 2.45) is 0 Å². The lowest BCUT2D eigenvalue weighted by Gasteiger charge is -2.29. The number of nitrogens with zero attached hydrogens (tertiary/aromatic N) is 1. The third-order valence-electron chi connectivity index (χ3n) is 6.65. The molecule has 7 nitrogen and oxygen atoms in total. The molecule has 0 fully saturated rings. The van der Waals surface area contributed by atoms with E-state index in [9.17, 15) is 22.7 Å². The molecule has 3 aromatic carbocycles. The Morgan fingerprint density at radius 3 is 2.28 bits per heavy atom. The van der Waals surface area contributed by atoms with Crippen molar-refractivity contribution in [2.75, 3.05) is 20.1 Å². The van der Waals surface area contributed by atoms with E-state index >= 15 is 0 Å². The van der Waals surface area contributed by atoms with Gasteiger partial charge in [-0.25, -0.2) is 12.8 Å². The molecule has 0 saturated carbocycles. The van der Waals surface area contributed by atoms with E-state index in [1.54, 1.807) is 54.6 Å². The average molecular weight is 557 g/mol. The zero-order valence-corrected chi connectivity index (χ0v) is 23.4. The van der Waals surface area contributed by atoms with Gasteiger partial charge >= 0.3 is 5.97 Å². The van der Waals surface area contributed by atoms with Crippen LogP contribution in [0, 0.1) is 5.82 Å². The first-order valence-corrected chi connectivity index (χ1v) is 14.3. The van der Waals surface area contributed by atoms with Gasteiger partial charge in [-0.1, -0.05) is 48.5 Å². The zero-order chi connectivity index (χ0) is 28.6. The molecule has 0 aliphatic heterocycles. The Kier molecular flexibility index (Phi) is 10.4. The first kappa shape index (κ1) is 30.4. The van der Waals surface area contributed by atoms with E-state index in [0.717, 1.165) is 34.7 Å². The van der Waals surface area contributed by atoms with Crippen molar-refractivity contribution in [1.82, 2.24) is 9.62 Å². The lowest BCUT2D eigenvalue weighted by atomic mass is 9.95. The fourth-order valence-electron chi connectivity index (χ4n) is 4.33. The molecule has 1 unspecified atom stereocenters. The maximum Gasteiger partial charge on any atom is 0.307 e. The van der Waals surface area contributed by atoms with Crippen LogP contribution in [0.25, 0.3) is 11.1 Å². The first-order valence-electron chi connectivity index (χ1n) is 12.9. The van der Waals surface area contributed by atoms with Gasteiger partial charge in [0.15, 0.2) is 0 Å². The van der Waals surface area contributed by atoms with Crippen molar-refractivity contribution in [3.63, 3.8) is 0 Å². The van der Waals surface area contributed by atoms with E-state index in [1.165, 1.54) is 25.2 Å². The number of hydrogen-bond donors (Lipinski definition) is 3. The molecule has 3 rings (SSSR count). The standard InChI is InChI=1S/C30H37FN2O5S/c1-30(2,17-5-6-22-11-15-26(31)16-12-22)32-20-27(34)21-33(3)39(37,38)28-8-4-7-25(19-28)24-13-9-23(10-14-24)18-29(35)36/h4,7-16,19,27,32,34H,5-6,17-18,20-21H2,1-3H3,(H,35,36). The first-order chi connectivity index (χ1) is 18.4. The third kappa shape index (κ3) is 9.25. The van der Waals surface area contributed by atoms with Gasteiger partial charge in [0, 0.05) is 25.7 Å². The Balaban J connectivity index is 1.54. The van der Waals surface area contributed by atoms with Crippen molar-refractivity contribution in [3.8, 4) is 11.1 Å². The molecule has 3 N–H and O–H groups in total. The summed E-state index contributed by atoms with van der Waals surface area (Å²) < 4.78 is 40.7. The molecule has 0 aliphatic carbocycles. The summed E-state index contributed by atoms with van der Waals surface area (Å²) in [4.78, 5) is 11.0. The second kappa shape index (κ2) is 13.3. The van der Waals surface area contributed by atoms with Crippen molar-refractivity contribution >= 4 is 16.0 Å². The number of sulfonamides is 1. The minimum atomic E-state index is -3.85. The Morgan fingerprint density at radius 2 is 1.64 bits per heavy atom. The van der Waals surface area contributed by atoms with Crippen LogP contribution in [0.2, 0.25) is 0 Å². The maximum absolute atomic E-state index is 13.2. The molecule has 0 spiro atoms. The number of carbonyl (C=O) groups is 1. The van der Waals surface area contributed by atoms with Gasteiger partial charge in [0.25, 0.3) is 0 Å². The summed E-state index contributed by atoms with van der Waals surface area (Å²) in [7, 11) is -2.40. The van der Waals surface area contributed by atoms with E-state index < -0.39 is 22.1 Å². The molecule has 3 aromatic rings. The number of carboxylic acid groups (broad SMARTS) is 1. The Labute approximate surface area is 230 Å². The highest BCUT2D eigenvalue weighted by Crippen LogP contribution is 2.25. The summed E-state index contributed by atoms with van der Waals surface area (Å²) in [5.74, 6) is -1.17. The van der Waals surface area contributed by atoms with Crippen molar-refractivity contribution in [2.45, 2.75) is 56.1 Å². The van der Waals surface area contributed by atoms with Crippen LogP contribution in [-0.4, -0.2) is 60.7 Å². The van der Waals surface area contributed by atoms with Crippen LogP contribution in [0.15, 0.2) is 77.7 Å². The highest BCUT2D eigenvalue weighted by molar-refractivity contribution is 7.89. The van der Waals surface area contributed by atoms with Crippen LogP contribution in [-0.2, 0) is 27.7 Å². The number of β-amino-alcohol motifs (C(OH)–C–C–N with tert-alkyl or cyclic N) is 1. The number of likely N-dealkylation sites (N-methyl/N-ethyl adjacent to an activating group) is 1. The van der Waals surface area contributed by atoms with Gasteiger partial charge < -0.3 is 15.5 Å². The fraction of sp³-hybridized carbons (Fsp3) is 0.367. The molecular formula is C30H37FN2O5S. The molecule has 0 heterocycles. The monoisotopic (exact) mass is 556 g/mol. The van der Waals surface area contributed by atoms with Crippen LogP contribution in [0.1, 0.15) is 37.8 Å². The molecule has 0 aliphatic rings. The summed E-state index contributed by atoms with van der Waals surface area (Å²) in [6, 6.07) is 20.0. The number of carboxylic acids is 1. The van der Waals surface area contributed by atoms with E-state index in [-0.39, 0.29) is 35.8 Å². The fourth-order valence-corrected chi connectivity index (χ4v) is 5.59. The Morgan fingerprint density at radius 1 is 1.00 bits per heavy atom. The predicted octanol–water partition coefficient (Wildman–Crippen LogP) is 4.49. The molecular weight excluding hydrogens is 519 g/mol. The third-order valence-corrected chi connectivity index (χ3v) is 8.47. The summed E-state index contributed by atoms with van der Waals surface area (Å²) in [6.07, 6.45) is 1.54. The highest BCUT2D eigenvalue weighted by atomic mass is 32.2. The van der Waals surface area contributed by atoms with Crippen molar-refractivity contribution in [1.29, 1.82) is 0 Å². The van der Waals surface area contributed by atoms with Crippen LogP contribution < -0.4 is 5.32 Å². The van der Waals surface area contributed by atoms with Crippen LogP contribution in [0.5, 0.6) is 0 Å². The zero-order valence-electron chi connectivity index (χ0n) is 22.6. The number of benzene rings is 3. The van der Waals surface area contributed by atoms with Gasteiger partial charge in [-0.2, -0.15) is 4.31 Å². The molecule has 0 bridgehead atoms. The molecule has 0 amide bonds. The summed E-state index contributed by atoms with van der Waals surface area (Å²) >= 11 is 0. The molecule has 39 heavy (non-hydrogen) atoms. The van der Waals surface area contributed by atoms with Crippen LogP contribution in [0.3, 0.4) is 0 Å². The minimum Gasteiger partial charge on any atom is -0.481 e. The Bertz CT molecular complexity index is 1340. The summed E-state index contributed by atoms with van der Waals surface area (Å²) in [5.41, 5.74) is 2.92. The van der Waals surface area contributed by atoms with Crippen LogP contribution in [0.4, 0.5) is 4.39 Å². The SMILES string of the molecule is CN(CC(O)CNC(C)(C)CCCc1ccc(F)cc1)S(=O)(=O)c1cccc(-c2ccc(CC(=O)O)cc2)c1. The smallest absolute Gasteiger partial charge is 0.307 e. The lowest BCUT2D eigenvalue weighted by molar-refractivity contribution is -0.136. The van der Waals surface area contributed by atoms with E-state index in [1.807, 2.05) is 13.8 Å². The highest BCUT2D eigenvalue weighted by Gasteiger charge is 2.25. The summed E-state index contributed by atoms with van der Waals surface area (Å²) in [5, 5.41) is 22.9. The number of nitrogens with one attached hydrogen (secondary N) is 1. The van der Waals surface area contributed by atoms with Gasteiger partial charge in [-0.3, -0.25) is 4.79 Å². The number of hydrogen-bond acceptors (Lipinski definition) is 5. The number of aryl methyl sites for hydroxylation is 1. The number of halogens is 1. The number of aliphatic hydroxyl groups is 1. The molecule has 0 saturated heterocycles. The molecule has 1 atom stereocenters. The van der Waals surface area contributed by atoms with Gasteiger partial charge in [0.2, 0.25) is 10.0 Å². The molecule has 9 heteroatoms. The van der Waals surface area contributed by atoms with E-state index in [2.05, 4.69) is 5.32 Å². The quantitative estimate of drug-likeness (QED) is 0.270. The van der Waals surface area contributed by atoms with Crippen LogP contribution >= 0.6 is 0 Å². The molecule has 210 valence electrons. The van der Waals surface area contributed by atoms with Gasteiger partial charge in [0.1, 0.15) is 5.82 Å². The van der Waals surface area contributed by atoms with E-state index in [0.29, 0.717) is 11.1 Å². The van der Waals surface area contributed by atoms with Crippen molar-refractivity contribution in [3.05, 3.63) is 89.7 Å². The lowest BCUT2D eigenvalue weighted by Crippen LogP contribution is -2.46. The van der Waals surface area contributed by atoms with E-state index in [4.69, 9.17) is 5.11 Å². The van der Waals surface area contributed by atoms with Crippen molar-refractivity contribution < 1.29 is 27.8 Å². The number of aliphatic hydroxyl groups excluding tert-OH is 1. The molecule has 0 aromatic heterocycles. The largest absolute Gasteiger partial charge is 0.481 e. The maximum atomic E-state index is 13.2. The number of aliphatic carboxylic acids is 1. The molecule has 0 radical (unpaired) electrons. The minimum absolute atomic E-state index is 0.0743. The number of rotatable bonds is 14. The topological polar surface area (TPSA) is 107 Å². The second-order valence-electron chi connectivity index (χ2n) is 10.5. The predicted molar refractivity (Wildman–Crippen MR) is 150 cm³/mol. The van der Waals surface area contributed by atoms with Gasteiger partial charge in [-0.05, 0) is 79.6 Å². The summed E-state index contributed by atoms with van der Waals surface area (Å²) in [6.45, 7) is 4.22. The van der Waals surface area contributed by atoms with Gasteiger partial charge in [0.05, 0.1) is 17.4 Å². The average Bonchev–Trinajstić information content (AvgIpc) is 2.89. The van der Waals surface area contributed by atoms with Gasteiger partial charge in [-0.15, -0.1) is 0 Å².